The number of carbonyl (C=O) groups is 1. The van der Waals surface area contributed by atoms with Gasteiger partial charge in [0.25, 0.3) is 0 Å². The normalized spacial score (nSPS) is 16.7. The van der Waals surface area contributed by atoms with Crippen LogP contribution in [-0.2, 0) is 0 Å². The Labute approximate surface area is 192 Å². The molecule has 32 heavy (non-hydrogen) atoms. The van der Waals surface area contributed by atoms with Crippen LogP contribution in [0.3, 0.4) is 0 Å². The molecule has 0 atom stereocenters. The van der Waals surface area contributed by atoms with Gasteiger partial charge in [-0.05, 0) is 61.7 Å². The molecule has 5 rings (SSSR count). The van der Waals surface area contributed by atoms with Gasteiger partial charge in [-0.2, -0.15) is 4.98 Å². The first kappa shape index (κ1) is 20.8. The van der Waals surface area contributed by atoms with Crippen LogP contribution in [-0.4, -0.2) is 47.3 Å². The molecule has 2 amide bonds. The number of rotatable bonds is 4. The highest BCUT2D eigenvalue weighted by Crippen LogP contribution is 2.36. The molecule has 7 nitrogen and oxygen atoms in total. The van der Waals surface area contributed by atoms with Crippen molar-refractivity contribution < 1.29 is 9.32 Å². The summed E-state index contributed by atoms with van der Waals surface area (Å²) in [5.41, 5.74) is 3.78. The Morgan fingerprint density at radius 2 is 1.84 bits per heavy atom. The van der Waals surface area contributed by atoms with E-state index in [2.05, 4.69) is 32.5 Å². The molecule has 1 aromatic heterocycles. The van der Waals surface area contributed by atoms with Crippen molar-refractivity contribution in [3.8, 4) is 11.4 Å². The predicted molar refractivity (Wildman–Crippen MR) is 125 cm³/mol. The number of benzene rings is 2. The van der Waals surface area contributed by atoms with E-state index in [0.29, 0.717) is 35.5 Å². The fraction of sp³-hybridized carbons (Fsp3) is 0.375. The van der Waals surface area contributed by atoms with Crippen LogP contribution in [0.5, 0.6) is 0 Å². The smallest absolute Gasteiger partial charge is 0.321 e. The third-order valence-electron chi connectivity index (χ3n) is 6.38. The molecule has 0 radical (unpaired) electrons. The van der Waals surface area contributed by atoms with Crippen molar-refractivity contribution in [1.29, 1.82) is 0 Å². The van der Waals surface area contributed by atoms with E-state index in [1.165, 1.54) is 6.42 Å². The fourth-order valence-electron chi connectivity index (χ4n) is 4.04. The van der Waals surface area contributed by atoms with Crippen LogP contribution in [0.25, 0.3) is 11.4 Å². The first-order valence-corrected chi connectivity index (χ1v) is 11.5. The largest absolute Gasteiger partial charge is 0.368 e. The summed E-state index contributed by atoms with van der Waals surface area (Å²) >= 11 is 6.16. The van der Waals surface area contributed by atoms with Crippen LogP contribution in [0.1, 0.15) is 36.6 Å². The highest BCUT2D eigenvalue weighted by Gasteiger charge is 2.26. The van der Waals surface area contributed by atoms with Crippen molar-refractivity contribution in [1.82, 2.24) is 15.0 Å². The van der Waals surface area contributed by atoms with Gasteiger partial charge in [-0.1, -0.05) is 29.2 Å². The number of aryl methyl sites for hydroxylation is 1. The number of piperazine rings is 1. The van der Waals surface area contributed by atoms with Gasteiger partial charge in [-0.15, -0.1) is 0 Å². The maximum absolute atomic E-state index is 12.6. The van der Waals surface area contributed by atoms with E-state index in [9.17, 15) is 4.79 Å². The van der Waals surface area contributed by atoms with Gasteiger partial charge >= 0.3 is 6.03 Å². The number of halogens is 1. The predicted octanol–water partition coefficient (Wildman–Crippen LogP) is 5.32. The van der Waals surface area contributed by atoms with Gasteiger partial charge in [0.05, 0.1) is 0 Å². The molecule has 1 saturated heterocycles. The summed E-state index contributed by atoms with van der Waals surface area (Å²) in [4.78, 5) is 21.3. The molecule has 1 N–H and O–H groups in total. The molecule has 166 valence electrons. The molecule has 0 spiro atoms. The zero-order valence-electron chi connectivity index (χ0n) is 18.1. The third-order valence-corrected chi connectivity index (χ3v) is 6.78. The van der Waals surface area contributed by atoms with E-state index in [1.807, 2.05) is 36.1 Å². The standard InChI is InChI=1S/C24H26ClN5O2/c1-16-5-8-19(15-21(16)25)26-24(31)30-13-11-29(12-14-30)20-9-6-17(7-10-20)22-27-23(32-28-22)18-3-2-4-18/h5-10,15,18H,2-4,11-14H2,1H3,(H,26,31). The maximum Gasteiger partial charge on any atom is 0.321 e. The summed E-state index contributed by atoms with van der Waals surface area (Å²) in [6, 6.07) is 13.7. The van der Waals surface area contributed by atoms with Gasteiger partial charge in [-0.3, -0.25) is 0 Å². The average molecular weight is 452 g/mol. The minimum Gasteiger partial charge on any atom is -0.368 e. The van der Waals surface area contributed by atoms with E-state index in [0.717, 1.165) is 48.6 Å². The van der Waals surface area contributed by atoms with E-state index < -0.39 is 0 Å². The summed E-state index contributed by atoms with van der Waals surface area (Å²) in [6.07, 6.45) is 3.53. The van der Waals surface area contributed by atoms with Crippen molar-refractivity contribution >= 4 is 29.0 Å². The maximum atomic E-state index is 12.6. The summed E-state index contributed by atoms with van der Waals surface area (Å²) in [5.74, 6) is 1.85. The van der Waals surface area contributed by atoms with Crippen LogP contribution in [0.2, 0.25) is 5.02 Å². The molecule has 3 aromatic rings. The summed E-state index contributed by atoms with van der Waals surface area (Å²) in [5, 5.41) is 7.73. The monoisotopic (exact) mass is 451 g/mol. The lowest BCUT2D eigenvalue weighted by molar-refractivity contribution is 0.208. The lowest BCUT2D eigenvalue weighted by Gasteiger charge is -2.36. The van der Waals surface area contributed by atoms with Crippen LogP contribution in [0.15, 0.2) is 47.0 Å². The van der Waals surface area contributed by atoms with Crippen molar-refractivity contribution in [3.05, 3.63) is 58.9 Å². The van der Waals surface area contributed by atoms with Gasteiger partial charge in [0.1, 0.15) is 0 Å². The molecule has 0 unspecified atom stereocenters. The van der Waals surface area contributed by atoms with Crippen molar-refractivity contribution in [2.45, 2.75) is 32.1 Å². The summed E-state index contributed by atoms with van der Waals surface area (Å²) < 4.78 is 5.44. The molecule has 1 aliphatic carbocycles. The SMILES string of the molecule is Cc1ccc(NC(=O)N2CCN(c3ccc(-c4noc(C5CCC5)n4)cc3)CC2)cc1Cl. The van der Waals surface area contributed by atoms with Crippen LogP contribution < -0.4 is 10.2 Å². The third kappa shape index (κ3) is 4.30. The molecule has 2 heterocycles. The number of nitrogens with zero attached hydrogens (tertiary/aromatic N) is 4. The number of urea groups is 1. The van der Waals surface area contributed by atoms with E-state index in [-0.39, 0.29) is 6.03 Å². The lowest BCUT2D eigenvalue weighted by atomic mass is 9.85. The van der Waals surface area contributed by atoms with Crippen LogP contribution >= 0.6 is 11.6 Å². The zero-order valence-corrected chi connectivity index (χ0v) is 18.8. The Hall–Kier alpha value is -3.06. The zero-order chi connectivity index (χ0) is 22.1. The van der Waals surface area contributed by atoms with E-state index in [1.54, 1.807) is 6.07 Å². The van der Waals surface area contributed by atoms with Crippen molar-refractivity contribution in [2.24, 2.45) is 0 Å². The molecule has 8 heteroatoms. The second-order valence-corrected chi connectivity index (χ2v) is 8.91. The molecular formula is C24H26ClN5O2. The minimum atomic E-state index is -0.0979. The summed E-state index contributed by atoms with van der Waals surface area (Å²) in [6.45, 7) is 4.80. The first-order chi connectivity index (χ1) is 15.6. The Morgan fingerprint density at radius 1 is 1.09 bits per heavy atom. The molecule has 1 aliphatic heterocycles. The molecule has 2 aromatic carbocycles. The number of carbonyl (C=O) groups excluding carboxylic acids is 1. The van der Waals surface area contributed by atoms with Crippen LogP contribution in [0, 0.1) is 6.92 Å². The second-order valence-electron chi connectivity index (χ2n) is 8.50. The average Bonchev–Trinajstić information content (AvgIpc) is 3.25. The van der Waals surface area contributed by atoms with Crippen molar-refractivity contribution in [3.63, 3.8) is 0 Å². The molecular weight excluding hydrogens is 426 g/mol. The second kappa shape index (κ2) is 8.82. The Morgan fingerprint density at radius 3 is 2.50 bits per heavy atom. The van der Waals surface area contributed by atoms with Gasteiger partial charge in [0.2, 0.25) is 11.7 Å². The van der Waals surface area contributed by atoms with Gasteiger partial charge in [0.15, 0.2) is 0 Å². The van der Waals surface area contributed by atoms with Gasteiger partial charge in [0, 0.05) is 54.1 Å². The molecule has 1 saturated carbocycles. The molecule has 0 bridgehead atoms. The highest BCUT2D eigenvalue weighted by atomic mass is 35.5. The van der Waals surface area contributed by atoms with Crippen LogP contribution in [0.4, 0.5) is 16.2 Å². The topological polar surface area (TPSA) is 74.5 Å². The number of amides is 2. The summed E-state index contributed by atoms with van der Waals surface area (Å²) in [7, 11) is 0. The number of nitrogens with one attached hydrogen (secondary N) is 1. The van der Waals surface area contributed by atoms with E-state index in [4.69, 9.17) is 16.1 Å². The van der Waals surface area contributed by atoms with Gasteiger partial charge in [-0.25, -0.2) is 4.79 Å². The first-order valence-electron chi connectivity index (χ1n) is 11.1. The Bertz CT molecular complexity index is 1100. The fourth-order valence-corrected chi connectivity index (χ4v) is 4.22. The van der Waals surface area contributed by atoms with Crippen molar-refractivity contribution in [2.75, 3.05) is 36.4 Å². The molecule has 2 fully saturated rings. The lowest BCUT2D eigenvalue weighted by Crippen LogP contribution is -2.50. The quantitative estimate of drug-likeness (QED) is 0.581. The highest BCUT2D eigenvalue weighted by molar-refractivity contribution is 6.31. The minimum absolute atomic E-state index is 0.0979. The number of hydrogen-bond donors (Lipinski definition) is 1. The number of aromatic nitrogens is 2. The molecule has 2 aliphatic rings. The van der Waals surface area contributed by atoms with E-state index >= 15 is 0 Å². The van der Waals surface area contributed by atoms with Gasteiger partial charge < -0.3 is 19.6 Å². The number of anilines is 2. The Kier molecular flexibility index (Phi) is 5.74. The number of hydrogen-bond acceptors (Lipinski definition) is 5. The Balaban J connectivity index is 1.16.